The van der Waals surface area contributed by atoms with Crippen molar-refractivity contribution in [2.45, 2.75) is 109 Å². The molecule has 2 aromatic rings. The molecule has 32 heavy (non-hydrogen) atoms. The van der Waals surface area contributed by atoms with Gasteiger partial charge in [0.2, 0.25) is 0 Å². The minimum absolute atomic E-state index is 0.151. The summed E-state index contributed by atoms with van der Waals surface area (Å²) in [6.45, 7) is 2.11. The number of anilines is 1. The molecule has 0 unspecified atom stereocenters. The van der Waals surface area contributed by atoms with Crippen molar-refractivity contribution in [2.24, 2.45) is 5.92 Å². The highest BCUT2D eigenvalue weighted by Crippen LogP contribution is 2.40. The minimum Gasteiger partial charge on any atom is -0.452 e. The van der Waals surface area contributed by atoms with E-state index in [1.54, 1.807) is 0 Å². The summed E-state index contributed by atoms with van der Waals surface area (Å²) in [5.74, 6) is 2.15. The van der Waals surface area contributed by atoms with Gasteiger partial charge in [-0.15, -0.1) is 0 Å². The fourth-order valence-electron chi connectivity index (χ4n) is 6.56. The molecule has 2 heterocycles. The lowest BCUT2D eigenvalue weighted by atomic mass is 9.86. The molecule has 1 atom stereocenters. The number of ether oxygens (including phenoxy) is 1. The Morgan fingerprint density at radius 1 is 1.03 bits per heavy atom. The third-order valence-electron chi connectivity index (χ3n) is 8.34. The Hall–Kier alpha value is -2.04. The van der Waals surface area contributed by atoms with Crippen molar-refractivity contribution in [1.29, 1.82) is 0 Å². The molecule has 0 bridgehead atoms. The number of carbonyl (C=O) groups excluding carboxylic acids is 1. The lowest BCUT2D eigenvalue weighted by Crippen LogP contribution is -2.42. The van der Waals surface area contributed by atoms with Crippen LogP contribution < -0.4 is 4.90 Å². The third-order valence-corrected chi connectivity index (χ3v) is 8.34. The maximum absolute atomic E-state index is 12.6. The number of benzene rings is 1. The molecule has 2 aliphatic carbocycles. The zero-order chi connectivity index (χ0) is 22.1. The van der Waals surface area contributed by atoms with Gasteiger partial charge in [-0.05, 0) is 57.1 Å². The molecule has 1 aromatic carbocycles. The Kier molecular flexibility index (Phi) is 6.43. The second-order valence-corrected chi connectivity index (χ2v) is 10.4. The summed E-state index contributed by atoms with van der Waals surface area (Å²) in [5.41, 5.74) is 4.65. The van der Waals surface area contributed by atoms with Gasteiger partial charge in [-0.25, -0.2) is 9.78 Å². The average molecular weight is 438 g/mol. The lowest BCUT2D eigenvalue weighted by Gasteiger charge is -2.34. The molecule has 1 amide bonds. The first-order valence-electron chi connectivity index (χ1n) is 13.1. The standard InChI is InChI=1S/C27H39N3O2/c1-19-13-15-22-23(29(19)27(31)32-2)16-17-24-26(22)28-25(18-14-20-9-5-3-6-10-20)30(24)21-11-7-4-8-12-21/h16-17,19-21H,3-15,18H2,1-2H3/t19-/m0/s1. The summed E-state index contributed by atoms with van der Waals surface area (Å²) in [7, 11) is 1.48. The number of methoxy groups -OCH3 is 1. The van der Waals surface area contributed by atoms with E-state index in [2.05, 4.69) is 23.6 Å². The van der Waals surface area contributed by atoms with Gasteiger partial charge < -0.3 is 9.30 Å². The Balaban J connectivity index is 1.54. The van der Waals surface area contributed by atoms with Crippen LogP contribution in [-0.2, 0) is 17.6 Å². The Morgan fingerprint density at radius 2 is 1.75 bits per heavy atom. The van der Waals surface area contributed by atoms with Crippen LogP contribution in [0.1, 0.15) is 101 Å². The second-order valence-electron chi connectivity index (χ2n) is 10.4. The third kappa shape index (κ3) is 4.04. The highest BCUT2D eigenvalue weighted by molar-refractivity contribution is 5.95. The molecule has 5 rings (SSSR count). The molecule has 0 radical (unpaired) electrons. The van der Waals surface area contributed by atoms with Crippen LogP contribution in [0, 0.1) is 5.92 Å². The maximum Gasteiger partial charge on any atom is 0.414 e. The molecule has 1 aromatic heterocycles. The predicted octanol–water partition coefficient (Wildman–Crippen LogP) is 6.96. The molecule has 174 valence electrons. The van der Waals surface area contributed by atoms with Crippen LogP contribution >= 0.6 is 0 Å². The van der Waals surface area contributed by atoms with Gasteiger partial charge in [0.25, 0.3) is 0 Å². The van der Waals surface area contributed by atoms with Gasteiger partial charge in [-0.3, -0.25) is 4.90 Å². The maximum atomic E-state index is 12.6. The highest BCUT2D eigenvalue weighted by Gasteiger charge is 2.32. The van der Waals surface area contributed by atoms with E-state index in [1.807, 2.05) is 4.90 Å². The Bertz CT molecular complexity index is 953. The predicted molar refractivity (Wildman–Crippen MR) is 129 cm³/mol. The summed E-state index contributed by atoms with van der Waals surface area (Å²) in [6.07, 6.45) is 17.6. The van der Waals surface area contributed by atoms with Gasteiger partial charge in [0.15, 0.2) is 0 Å². The van der Waals surface area contributed by atoms with Gasteiger partial charge in [0.05, 0.1) is 23.8 Å². The smallest absolute Gasteiger partial charge is 0.414 e. The summed E-state index contributed by atoms with van der Waals surface area (Å²) < 4.78 is 7.73. The number of carbonyl (C=O) groups is 1. The van der Waals surface area contributed by atoms with E-state index in [9.17, 15) is 4.79 Å². The monoisotopic (exact) mass is 437 g/mol. The molecule has 2 fully saturated rings. The number of hydrogen-bond donors (Lipinski definition) is 0. The van der Waals surface area contributed by atoms with Gasteiger partial charge in [0, 0.05) is 24.1 Å². The normalized spacial score (nSPS) is 22.8. The van der Waals surface area contributed by atoms with Crippen molar-refractivity contribution in [1.82, 2.24) is 9.55 Å². The number of imidazole rings is 1. The van der Waals surface area contributed by atoms with Gasteiger partial charge in [0.1, 0.15) is 5.82 Å². The van der Waals surface area contributed by atoms with E-state index in [4.69, 9.17) is 9.72 Å². The van der Waals surface area contributed by atoms with Crippen molar-refractivity contribution in [3.8, 4) is 0 Å². The number of aryl methyl sites for hydroxylation is 2. The molecule has 3 aliphatic rings. The lowest BCUT2D eigenvalue weighted by molar-refractivity contribution is 0.175. The fraction of sp³-hybridized carbons (Fsp3) is 0.704. The second kappa shape index (κ2) is 9.44. The molecular weight excluding hydrogens is 398 g/mol. The van der Waals surface area contributed by atoms with E-state index >= 15 is 0 Å². The molecule has 2 saturated carbocycles. The Morgan fingerprint density at radius 3 is 2.47 bits per heavy atom. The van der Waals surface area contributed by atoms with Gasteiger partial charge >= 0.3 is 6.09 Å². The Labute approximate surface area is 192 Å². The average Bonchev–Trinajstić information content (AvgIpc) is 3.22. The van der Waals surface area contributed by atoms with E-state index in [0.717, 1.165) is 36.4 Å². The molecule has 1 aliphatic heterocycles. The first-order valence-corrected chi connectivity index (χ1v) is 13.1. The fourth-order valence-corrected chi connectivity index (χ4v) is 6.56. The summed E-state index contributed by atoms with van der Waals surface area (Å²) in [5, 5.41) is 0. The SMILES string of the molecule is COC(=O)N1c2ccc3c(nc(CCC4CCCCC4)n3C3CCCCC3)c2CC[C@@H]1C. The summed E-state index contributed by atoms with van der Waals surface area (Å²) in [6, 6.07) is 5.11. The minimum atomic E-state index is -0.262. The van der Waals surface area contributed by atoms with Crippen molar-refractivity contribution in [3.63, 3.8) is 0 Å². The van der Waals surface area contributed by atoms with Crippen LogP contribution in [0.2, 0.25) is 0 Å². The van der Waals surface area contributed by atoms with Crippen LogP contribution in [0.4, 0.5) is 10.5 Å². The number of amides is 1. The first kappa shape index (κ1) is 21.8. The zero-order valence-electron chi connectivity index (χ0n) is 19.9. The largest absolute Gasteiger partial charge is 0.452 e. The molecule has 5 heteroatoms. The topological polar surface area (TPSA) is 47.4 Å². The molecule has 5 nitrogen and oxygen atoms in total. The number of aromatic nitrogens is 2. The van der Waals surface area contributed by atoms with Crippen molar-refractivity contribution >= 4 is 22.8 Å². The number of fused-ring (bicyclic) bond motifs is 3. The van der Waals surface area contributed by atoms with Crippen LogP contribution in [0.5, 0.6) is 0 Å². The molecule has 0 saturated heterocycles. The molecular formula is C27H39N3O2. The van der Waals surface area contributed by atoms with E-state index < -0.39 is 0 Å². The van der Waals surface area contributed by atoms with E-state index in [0.29, 0.717) is 6.04 Å². The van der Waals surface area contributed by atoms with Gasteiger partial charge in [-0.1, -0.05) is 51.4 Å². The summed E-state index contributed by atoms with van der Waals surface area (Å²) >= 11 is 0. The first-order chi connectivity index (χ1) is 15.7. The molecule has 0 N–H and O–H groups in total. The van der Waals surface area contributed by atoms with Crippen LogP contribution in [0.3, 0.4) is 0 Å². The number of nitrogens with zero attached hydrogens (tertiary/aromatic N) is 3. The molecule has 0 spiro atoms. The summed E-state index contributed by atoms with van der Waals surface area (Å²) in [4.78, 5) is 19.7. The number of hydrogen-bond acceptors (Lipinski definition) is 3. The van der Waals surface area contributed by atoms with E-state index in [1.165, 1.54) is 94.6 Å². The van der Waals surface area contributed by atoms with Crippen LogP contribution in [-0.4, -0.2) is 28.8 Å². The van der Waals surface area contributed by atoms with Gasteiger partial charge in [-0.2, -0.15) is 0 Å². The zero-order valence-corrected chi connectivity index (χ0v) is 19.9. The van der Waals surface area contributed by atoms with E-state index in [-0.39, 0.29) is 12.1 Å². The van der Waals surface area contributed by atoms with Crippen molar-refractivity contribution < 1.29 is 9.53 Å². The number of rotatable bonds is 4. The van der Waals surface area contributed by atoms with Crippen molar-refractivity contribution in [3.05, 3.63) is 23.5 Å². The highest BCUT2D eigenvalue weighted by atomic mass is 16.5. The van der Waals surface area contributed by atoms with Crippen LogP contribution in [0.15, 0.2) is 12.1 Å². The van der Waals surface area contributed by atoms with Crippen LogP contribution in [0.25, 0.3) is 11.0 Å². The quantitative estimate of drug-likeness (QED) is 0.519. The van der Waals surface area contributed by atoms with Crippen molar-refractivity contribution in [2.75, 3.05) is 12.0 Å².